The lowest BCUT2D eigenvalue weighted by atomic mass is 10.1. The van der Waals surface area contributed by atoms with Crippen LogP contribution >= 0.6 is 11.9 Å². The zero-order valence-electron chi connectivity index (χ0n) is 12.3. The number of methoxy groups -OCH3 is 1. The highest BCUT2D eigenvalue weighted by molar-refractivity contribution is 8.00. The molecule has 0 radical (unpaired) electrons. The van der Waals surface area contributed by atoms with Crippen LogP contribution in [0.15, 0.2) is 35.2 Å². The predicted molar refractivity (Wildman–Crippen MR) is 87.5 cm³/mol. The lowest BCUT2D eigenvalue weighted by Crippen LogP contribution is -1.96. The summed E-state index contributed by atoms with van der Waals surface area (Å²) in [4.78, 5) is 0.979. The lowest BCUT2D eigenvalue weighted by molar-refractivity contribution is 0.405. The Kier molecular flexibility index (Phi) is 4.45. The molecule has 0 fully saturated rings. The van der Waals surface area contributed by atoms with E-state index < -0.39 is 0 Å². The Morgan fingerprint density at radius 3 is 2.30 bits per heavy atom. The first-order chi connectivity index (χ1) is 9.51. The number of ether oxygens (including phenoxy) is 1. The first kappa shape index (κ1) is 14.6. The van der Waals surface area contributed by atoms with Crippen molar-refractivity contribution in [1.82, 2.24) is 0 Å². The number of benzene rings is 2. The first-order valence-corrected chi connectivity index (χ1v) is 7.27. The van der Waals surface area contributed by atoms with Gasteiger partial charge in [0.25, 0.3) is 0 Å². The molecule has 0 unspecified atom stereocenters. The van der Waals surface area contributed by atoms with Crippen molar-refractivity contribution in [3.8, 4) is 5.75 Å². The van der Waals surface area contributed by atoms with Gasteiger partial charge in [0.15, 0.2) is 0 Å². The highest BCUT2D eigenvalue weighted by Crippen LogP contribution is 2.33. The van der Waals surface area contributed by atoms with E-state index in [1.165, 1.54) is 28.6 Å². The summed E-state index contributed by atoms with van der Waals surface area (Å²) >= 11 is 1.52. The molecule has 0 saturated carbocycles. The first-order valence-electron chi connectivity index (χ1n) is 6.45. The van der Waals surface area contributed by atoms with Gasteiger partial charge >= 0.3 is 0 Å². The van der Waals surface area contributed by atoms with Crippen LogP contribution in [0, 0.1) is 20.8 Å². The fourth-order valence-corrected chi connectivity index (χ4v) is 3.20. The monoisotopic (exact) mass is 288 g/mol. The number of aryl methyl sites for hydroxylation is 3. The van der Waals surface area contributed by atoms with Gasteiger partial charge in [-0.15, -0.1) is 0 Å². The third kappa shape index (κ3) is 3.20. The Bertz CT molecular complexity index is 603. The fourth-order valence-electron chi connectivity index (χ4n) is 2.22. The highest BCUT2D eigenvalue weighted by atomic mass is 32.2. The molecule has 3 N–H and O–H groups in total. The van der Waals surface area contributed by atoms with Crippen molar-refractivity contribution in [2.75, 3.05) is 17.6 Å². The number of nitrogens with one attached hydrogen (secondary N) is 1. The second-order valence-electron chi connectivity index (χ2n) is 4.89. The van der Waals surface area contributed by atoms with E-state index >= 15 is 0 Å². The van der Waals surface area contributed by atoms with Crippen LogP contribution < -0.4 is 15.2 Å². The molecule has 2 aromatic carbocycles. The largest absolute Gasteiger partial charge is 0.496 e. The molecule has 0 atom stereocenters. The molecule has 2 aromatic rings. The standard InChI is InChI=1S/C16H20N2OS/c1-10-7-11(2)16(12(3)8-10)18-20-15-9-13(17)5-6-14(15)19-4/h5-9,18H,17H2,1-4H3. The predicted octanol–water partition coefficient (Wildman–Crippen LogP) is 4.32. The van der Waals surface area contributed by atoms with Gasteiger partial charge in [-0.3, -0.25) is 0 Å². The number of anilines is 2. The van der Waals surface area contributed by atoms with Gasteiger partial charge in [-0.2, -0.15) is 0 Å². The fraction of sp³-hybridized carbons (Fsp3) is 0.250. The minimum atomic E-state index is 0.729. The summed E-state index contributed by atoms with van der Waals surface area (Å²) in [6.45, 7) is 6.33. The van der Waals surface area contributed by atoms with Crippen molar-refractivity contribution >= 4 is 23.3 Å². The second kappa shape index (κ2) is 6.09. The molecule has 0 spiro atoms. The quantitative estimate of drug-likeness (QED) is 0.649. The summed E-state index contributed by atoms with van der Waals surface area (Å²) in [7, 11) is 1.66. The summed E-state index contributed by atoms with van der Waals surface area (Å²) in [5, 5.41) is 0. The highest BCUT2D eigenvalue weighted by Gasteiger charge is 2.08. The zero-order valence-corrected chi connectivity index (χ0v) is 13.1. The number of nitrogens with two attached hydrogens (primary N) is 1. The van der Waals surface area contributed by atoms with Gasteiger partial charge < -0.3 is 15.2 Å². The van der Waals surface area contributed by atoms with Gasteiger partial charge in [-0.25, -0.2) is 0 Å². The maximum Gasteiger partial charge on any atom is 0.134 e. The summed E-state index contributed by atoms with van der Waals surface area (Å²) in [5.41, 5.74) is 11.5. The second-order valence-corrected chi connectivity index (χ2v) is 5.74. The normalized spacial score (nSPS) is 10.4. The average Bonchev–Trinajstić information content (AvgIpc) is 2.37. The molecule has 0 aliphatic heterocycles. The van der Waals surface area contributed by atoms with Crippen LogP contribution in [0.25, 0.3) is 0 Å². The van der Waals surface area contributed by atoms with Crippen molar-refractivity contribution in [3.05, 3.63) is 47.0 Å². The number of hydrogen-bond donors (Lipinski definition) is 2. The minimum absolute atomic E-state index is 0.729. The maximum atomic E-state index is 5.83. The molecule has 0 bridgehead atoms. The van der Waals surface area contributed by atoms with Gasteiger partial charge in [0.05, 0.1) is 17.7 Å². The molecule has 0 aliphatic carbocycles. The third-order valence-electron chi connectivity index (χ3n) is 3.13. The van der Waals surface area contributed by atoms with Crippen LogP contribution in [-0.4, -0.2) is 7.11 Å². The number of rotatable bonds is 4. The maximum absolute atomic E-state index is 5.83. The molecular weight excluding hydrogens is 268 g/mol. The zero-order chi connectivity index (χ0) is 14.7. The van der Waals surface area contributed by atoms with Crippen molar-refractivity contribution in [2.45, 2.75) is 25.7 Å². The van der Waals surface area contributed by atoms with E-state index in [9.17, 15) is 0 Å². The molecule has 0 amide bonds. The summed E-state index contributed by atoms with van der Waals surface area (Å²) in [6.07, 6.45) is 0. The Labute approximate surface area is 124 Å². The van der Waals surface area contributed by atoms with Crippen LogP contribution in [0.2, 0.25) is 0 Å². The van der Waals surface area contributed by atoms with E-state index in [4.69, 9.17) is 10.5 Å². The van der Waals surface area contributed by atoms with E-state index in [0.717, 1.165) is 22.0 Å². The molecule has 20 heavy (non-hydrogen) atoms. The molecule has 2 rings (SSSR count). The van der Waals surface area contributed by atoms with E-state index in [1.807, 2.05) is 18.2 Å². The summed E-state index contributed by atoms with van der Waals surface area (Å²) < 4.78 is 8.76. The molecule has 0 aromatic heterocycles. The number of nitrogen functional groups attached to an aromatic ring is 1. The van der Waals surface area contributed by atoms with Crippen LogP contribution in [0.4, 0.5) is 11.4 Å². The Morgan fingerprint density at radius 2 is 1.70 bits per heavy atom. The van der Waals surface area contributed by atoms with E-state index in [-0.39, 0.29) is 0 Å². The number of hydrogen-bond acceptors (Lipinski definition) is 4. The smallest absolute Gasteiger partial charge is 0.134 e. The van der Waals surface area contributed by atoms with E-state index in [1.54, 1.807) is 7.11 Å². The van der Waals surface area contributed by atoms with Crippen LogP contribution in [-0.2, 0) is 0 Å². The van der Waals surface area contributed by atoms with Crippen molar-refractivity contribution in [3.63, 3.8) is 0 Å². The third-order valence-corrected chi connectivity index (χ3v) is 3.97. The topological polar surface area (TPSA) is 47.3 Å². The van der Waals surface area contributed by atoms with Crippen LogP contribution in [0.5, 0.6) is 5.75 Å². The van der Waals surface area contributed by atoms with E-state index in [0.29, 0.717) is 0 Å². The molecule has 0 saturated heterocycles. The lowest BCUT2D eigenvalue weighted by Gasteiger charge is -2.14. The van der Waals surface area contributed by atoms with Gasteiger partial charge in [0, 0.05) is 5.69 Å². The summed E-state index contributed by atoms with van der Waals surface area (Å²) in [5.74, 6) is 0.819. The Morgan fingerprint density at radius 1 is 1.05 bits per heavy atom. The summed E-state index contributed by atoms with van der Waals surface area (Å²) in [6, 6.07) is 9.98. The van der Waals surface area contributed by atoms with Crippen molar-refractivity contribution in [2.24, 2.45) is 0 Å². The van der Waals surface area contributed by atoms with Gasteiger partial charge in [0.1, 0.15) is 5.75 Å². The van der Waals surface area contributed by atoms with Crippen LogP contribution in [0.3, 0.4) is 0 Å². The van der Waals surface area contributed by atoms with Gasteiger partial charge in [-0.1, -0.05) is 17.7 Å². The Hall–Kier alpha value is -1.81. The van der Waals surface area contributed by atoms with Gasteiger partial charge in [0.2, 0.25) is 0 Å². The molecular formula is C16H20N2OS. The average molecular weight is 288 g/mol. The molecule has 4 heteroatoms. The minimum Gasteiger partial charge on any atom is -0.496 e. The van der Waals surface area contributed by atoms with E-state index in [2.05, 4.69) is 37.6 Å². The SMILES string of the molecule is COc1ccc(N)cc1SNc1c(C)cc(C)cc1C. The molecule has 3 nitrogen and oxygen atoms in total. The van der Waals surface area contributed by atoms with Crippen molar-refractivity contribution in [1.29, 1.82) is 0 Å². The van der Waals surface area contributed by atoms with Crippen LogP contribution in [0.1, 0.15) is 16.7 Å². The van der Waals surface area contributed by atoms with Gasteiger partial charge in [-0.05, 0) is 62.0 Å². The molecule has 0 aliphatic rings. The van der Waals surface area contributed by atoms with Crippen molar-refractivity contribution < 1.29 is 4.74 Å². The molecule has 106 valence electrons. The Balaban J connectivity index is 2.23. The molecule has 0 heterocycles.